The second kappa shape index (κ2) is 2.94. The lowest BCUT2D eigenvalue weighted by atomic mass is 10.1. The van der Waals surface area contributed by atoms with Crippen molar-refractivity contribution < 1.29 is 4.79 Å². The molecule has 1 aliphatic heterocycles. The van der Waals surface area contributed by atoms with Crippen molar-refractivity contribution >= 4 is 11.7 Å². The Morgan fingerprint density at radius 2 is 2.15 bits per heavy atom. The van der Waals surface area contributed by atoms with Gasteiger partial charge in [-0.2, -0.15) is 0 Å². The number of hydrogen-bond acceptors (Lipinski definition) is 1. The third-order valence-corrected chi connectivity index (χ3v) is 2.08. The highest BCUT2D eigenvalue weighted by Gasteiger charge is 2.15. The molecule has 3 nitrogen and oxygen atoms in total. The van der Waals surface area contributed by atoms with Crippen LogP contribution in [-0.2, 0) is 6.42 Å². The maximum atomic E-state index is 11.0. The fourth-order valence-electron chi connectivity index (χ4n) is 1.48. The van der Waals surface area contributed by atoms with Crippen LogP contribution in [-0.4, -0.2) is 6.03 Å². The van der Waals surface area contributed by atoms with Gasteiger partial charge in [0, 0.05) is 6.20 Å². The van der Waals surface area contributed by atoms with Crippen LogP contribution in [0.4, 0.5) is 10.5 Å². The molecule has 1 aromatic rings. The quantitative estimate of drug-likeness (QED) is 0.638. The van der Waals surface area contributed by atoms with Gasteiger partial charge in [-0.25, -0.2) is 4.79 Å². The van der Waals surface area contributed by atoms with Crippen molar-refractivity contribution in [3.05, 3.63) is 42.1 Å². The zero-order valence-electron chi connectivity index (χ0n) is 7.10. The summed E-state index contributed by atoms with van der Waals surface area (Å²) >= 11 is 0. The van der Waals surface area contributed by atoms with Gasteiger partial charge >= 0.3 is 6.03 Å². The average Bonchev–Trinajstić information content (AvgIpc) is 2.17. The third-order valence-electron chi connectivity index (χ3n) is 2.08. The van der Waals surface area contributed by atoms with Crippen LogP contribution in [0.1, 0.15) is 5.56 Å². The van der Waals surface area contributed by atoms with Crippen LogP contribution < -0.4 is 10.6 Å². The van der Waals surface area contributed by atoms with E-state index in [0.717, 1.165) is 17.7 Å². The van der Waals surface area contributed by atoms with Gasteiger partial charge < -0.3 is 5.73 Å². The standard InChI is InChI=1S/C10H10N2O/c11-10(13)12-7-3-5-8-4-1-2-6-9(8)12/h1-4,6-7H,5H2,(H2,11,13). The van der Waals surface area contributed by atoms with Crippen molar-refractivity contribution in [1.82, 2.24) is 0 Å². The van der Waals surface area contributed by atoms with Crippen LogP contribution in [0.15, 0.2) is 36.5 Å². The van der Waals surface area contributed by atoms with Gasteiger partial charge in [0.15, 0.2) is 0 Å². The lowest BCUT2D eigenvalue weighted by molar-refractivity contribution is 0.255. The Labute approximate surface area is 76.5 Å². The van der Waals surface area contributed by atoms with Gasteiger partial charge in [0.1, 0.15) is 0 Å². The summed E-state index contributed by atoms with van der Waals surface area (Å²) in [6.45, 7) is 0. The highest BCUT2D eigenvalue weighted by atomic mass is 16.2. The molecule has 0 saturated carbocycles. The number of rotatable bonds is 0. The molecule has 1 heterocycles. The van der Waals surface area contributed by atoms with E-state index < -0.39 is 6.03 Å². The first-order valence-corrected chi connectivity index (χ1v) is 4.12. The molecule has 0 radical (unpaired) electrons. The molecule has 2 amide bonds. The molecule has 0 spiro atoms. The van der Waals surface area contributed by atoms with Crippen LogP contribution in [0.25, 0.3) is 0 Å². The van der Waals surface area contributed by atoms with Gasteiger partial charge in [-0.3, -0.25) is 4.90 Å². The molecule has 1 aliphatic rings. The predicted octanol–water partition coefficient (Wildman–Crippen LogP) is 1.64. The van der Waals surface area contributed by atoms with Gasteiger partial charge in [0.05, 0.1) is 5.69 Å². The number of carbonyl (C=O) groups excluding carboxylic acids is 1. The summed E-state index contributed by atoms with van der Waals surface area (Å²) < 4.78 is 0. The molecule has 0 fully saturated rings. The summed E-state index contributed by atoms with van der Waals surface area (Å²) in [5.74, 6) is 0. The number of nitrogens with two attached hydrogens (primary N) is 1. The van der Waals surface area contributed by atoms with Crippen LogP contribution in [0, 0.1) is 0 Å². The highest BCUT2D eigenvalue weighted by Crippen LogP contribution is 2.24. The van der Waals surface area contributed by atoms with Crippen molar-refractivity contribution in [2.75, 3.05) is 4.90 Å². The van der Waals surface area contributed by atoms with Gasteiger partial charge in [-0.15, -0.1) is 0 Å². The predicted molar refractivity (Wildman–Crippen MR) is 51.3 cm³/mol. The smallest absolute Gasteiger partial charge is 0.323 e. The lowest BCUT2D eigenvalue weighted by Crippen LogP contribution is -2.32. The molecule has 1 aromatic carbocycles. The monoisotopic (exact) mass is 174 g/mol. The molecule has 0 aromatic heterocycles. The minimum atomic E-state index is -0.441. The average molecular weight is 174 g/mol. The Morgan fingerprint density at radius 3 is 2.92 bits per heavy atom. The van der Waals surface area contributed by atoms with E-state index in [1.807, 2.05) is 30.3 Å². The Hall–Kier alpha value is -1.77. The number of hydrogen-bond donors (Lipinski definition) is 1. The molecule has 0 aliphatic carbocycles. The zero-order valence-corrected chi connectivity index (χ0v) is 7.10. The number of anilines is 1. The normalized spacial score (nSPS) is 14.0. The zero-order chi connectivity index (χ0) is 9.26. The first kappa shape index (κ1) is 7.86. The third kappa shape index (κ3) is 1.28. The van der Waals surface area contributed by atoms with Crippen LogP contribution in [0.3, 0.4) is 0 Å². The molecule has 3 heteroatoms. The van der Waals surface area contributed by atoms with E-state index in [-0.39, 0.29) is 0 Å². The van der Waals surface area contributed by atoms with Crippen molar-refractivity contribution in [3.63, 3.8) is 0 Å². The first-order valence-electron chi connectivity index (χ1n) is 4.12. The number of benzene rings is 1. The second-order valence-corrected chi connectivity index (χ2v) is 2.93. The Morgan fingerprint density at radius 1 is 1.38 bits per heavy atom. The van der Waals surface area contributed by atoms with E-state index in [1.165, 1.54) is 4.90 Å². The van der Waals surface area contributed by atoms with Crippen LogP contribution >= 0.6 is 0 Å². The fraction of sp³-hybridized carbons (Fsp3) is 0.100. The maximum absolute atomic E-state index is 11.0. The maximum Gasteiger partial charge on any atom is 0.323 e. The summed E-state index contributed by atoms with van der Waals surface area (Å²) in [5.41, 5.74) is 7.23. The van der Waals surface area contributed by atoms with E-state index >= 15 is 0 Å². The molecule has 0 bridgehead atoms. The summed E-state index contributed by atoms with van der Waals surface area (Å²) in [7, 11) is 0. The fourth-order valence-corrected chi connectivity index (χ4v) is 1.48. The topological polar surface area (TPSA) is 46.3 Å². The Kier molecular flexibility index (Phi) is 1.77. The number of fused-ring (bicyclic) bond motifs is 1. The molecule has 2 N–H and O–H groups in total. The molecule has 13 heavy (non-hydrogen) atoms. The number of nitrogens with zero attached hydrogens (tertiary/aromatic N) is 1. The highest BCUT2D eigenvalue weighted by molar-refractivity contribution is 5.94. The Balaban J connectivity index is 2.48. The molecule has 66 valence electrons. The van der Waals surface area contributed by atoms with Gasteiger partial charge in [0.2, 0.25) is 0 Å². The van der Waals surface area contributed by atoms with Gasteiger partial charge in [0.25, 0.3) is 0 Å². The molecule has 0 unspecified atom stereocenters. The summed E-state index contributed by atoms with van der Waals surface area (Å²) in [6.07, 6.45) is 4.50. The summed E-state index contributed by atoms with van der Waals surface area (Å²) in [4.78, 5) is 12.5. The molecule has 2 rings (SSSR count). The SMILES string of the molecule is NC(=O)N1C=CCc2ccccc21. The summed E-state index contributed by atoms with van der Waals surface area (Å²) in [5, 5.41) is 0. The van der Waals surface area contributed by atoms with E-state index in [2.05, 4.69) is 0 Å². The van der Waals surface area contributed by atoms with Crippen LogP contribution in [0.5, 0.6) is 0 Å². The number of carbonyl (C=O) groups is 1. The van der Waals surface area contributed by atoms with Crippen molar-refractivity contribution in [2.45, 2.75) is 6.42 Å². The van der Waals surface area contributed by atoms with E-state index in [1.54, 1.807) is 6.20 Å². The van der Waals surface area contributed by atoms with E-state index in [9.17, 15) is 4.79 Å². The van der Waals surface area contributed by atoms with E-state index in [0.29, 0.717) is 0 Å². The number of allylic oxidation sites excluding steroid dienone is 1. The number of urea groups is 1. The minimum absolute atomic E-state index is 0.441. The van der Waals surface area contributed by atoms with E-state index in [4.69, 9.17) is 5.73 Å². The molecule has 0 saturated heterocycles. The number of para-hydroxylation sites is 1. The van der Waals surface area contributed by atoms with Crippen LogP contribution in [0.2, 0.25) is 0 Å². The minimum Gasteiger partial charge on any atom is -0.351 e. The summed E-state index contributed by atoms with van der Waals surface area (Å²) in [6, 6.07) is 7.30. The van der Waals surface area contributed by atoms with Gasteiger partial charge in [-0.05, 0) is 18.1 Å². The van der Waals surface area contributed by atoms with Crippen molar-refractivity contribution in [2.24, 2.45) is 5.73 Å². The Bertz CT molecular complexity index is 371. The molecule has 0 atom stereocenters. The molecular weight excluding hydrogens is 164 g/mol. The number of primary amides is 1. The van der Waals surface area contributed by atoms with Crippen molar-refractivity contribution in [3.8, 4) is 0 Å². The van der Waals surface area contributed by atoms with Crippen molar-refractivity contribution in [1.29, 1.82) is 0 Å². The number of amides is 2. The second-order valence-electron chi connectivity index (χ2n) is 2.93. The largest absolute Gasteiger partial charge is 0.351 e. The first-order chi connectivity index (χ1) is 6.29. The van der Waals surface area contributed by atoms with Gasteiger partial charge in [-0.1, -0.05) is 24.3 Å². The lowest BCUT2D eigenvalue weighted by Gasteiger charge is -2.22. The molecular formula is C10H10N2O.